The number of nitrogens with two attached hydrogens (primary N) is 1. The predicted molar refractivity (Wildman–Crippen MR) is 142 cm³/mol. The van der Waals surface area contributed by atoms with Gasteiger partial charge in [-0.05, 0) is 74.6 Å². The summed E-state index contributed by atoms with van der Waals surface area (Å²) < 4.78 is 129. The number of ether oxygens (including phenoxy) is 1. The van der Waals surface area contributed by atoms with Crippen molar-refractivity contribution < 1.29 is 49.0 Å². The molecule has 1 aliphatic rings. The molecule has 0 radical (unpaired) electrons. The van der Waals surface area contributed by atoms with Crippen LogP contribution in [-0.4, -0.2) is 36.6 Å². The molecule has 0 saturated carbocycles. The van der Waals surface area contributed by atoms with Gasteiger partial charge in [0.25, 0.3) is 5.96 Å². The number of alkyl halides is 9. The summed E-state index contributed by atoms with van der Waals surface area (Å²) in [7, 11) is 1.21. The highest BCUT2D eigenvalue weighted by Gasteiger charge is 2.41. The third kappa shape index (κ3) is 7.72. The Labute approximate surface area is 246 Å². The van der Waals surface area contributed by atoms with E-state index in [2.05, 4.69) is 15.3 Å². The van der Waals surface area contributed by atoms with Crippen molar-refractivity contribution in [3.8, 4) is 0 Å². The zero-order valence-corrected chi connectivity index (χ0v) is 23.9. The minimum atomic E-state index is -5.13. The molecule has 0 fully saturated rings. The third-order valence-electron chi connectivity index (χ3n) is 6.75. The molecule has 0 aliphatic carbocycles. The van der Waals surface area contributed by atoms with Crippen LogP contribution in [0.25, 0.3) is 0 Å². The molecule has 8 nitrogen and oxygen atoms in total. The number of guanidine groups is 1. The van der Waals surface area contributed by atoms with Crippen LogP contribution >= 0.6 is 0 Å². The fourth-order valence-electron chi connectivity index (χ4n) is 5.01. The first-order valence-corrected chi connectivity index (χ1v) is 13.1. The normalized spacial score (nSPS) is 16.7. The summed E-state index contributed by atoms with van der Waals surface area (Å²) in [6, 6.07) is 1.79. The van der Waals surface area contributed by atoms with Crippen molar-refractivity contribution in [1.29, 1.82) is 0 Å². The molecule has 2 aromatic carbocycles. The topological polar surface area (TPSA) is 95.9 Å². The summed E-state index contributed by atoms with van der Waals surface area (Å²) >= 11 is 0. The molecule has 2 aromatic rings. The van der Waals surface area contributed by atoms with E-state index in [1.54, 1.807) is 13.8 Å². The molecule has 1 heterocycles. The SMILES string of the molecule is CN=NC(=NN)N(Cc1cc(C(F)(F)F)cc(C(F)(F)F)c1)C1CCCN(C(=O)OC(C)C)c2c1ccc(C(F)(F)F)c2C. The molecule has 0 bridgehead atoms. The second-order valence-electron chi connectivity index (χ2n) is 10.2. The van der Waals surface area contributed by atoms with Gasteiger partial charge in [-0.1, -0.05) is 6.07 Å². The van der Waals surface area contributed by atoms with Crippen molar-refractivity contribution in [1.82, 2.24) is 4.90 Å². The standard InChI is InChI=1S/C27H29F9N6O2/c1-14(2)44-24(43)41-9-5-6-21(19-7-8-20(27(34,35)36)15(3)22(19)41)42(23(39-37)40-38-4)13-16-10-17(25(28,29)30)12-18(11-16)26(31,32)33/h7-8,10-12,14,21H,5-6,9,13,37H2,1-4H3. The van der Waals surface area contributed by atoms with Crippen LogP contribution in [0.5, 0.6) is 0 Å². The average Bonchev–Trinajstić information content (AvgIpc) is 3.09. The summed E-state index contributed by atoms with van der Waals surface area (Å²) in [5.74, 6) is 5.09. The Morgan fingerprint density at radius 3 is 2.09 bits per heavy atom. The zero-order chi connectivity index (χ0) is 33.2. The maximum Gasteiger partial charge on any atom is 0.416 e. The van der Waals surface area contributed by atoms with Gasteiger partial charge in [0.15, 0.2) is 0 Å². The smallest absolute Gasteiger partial charge is 0.416 e. The molecule has 242 valence electrons. The number of hydrogen-bond acceptors (Lipinski definition) is 5. The summed E-state index contributed by atoms with van der Waals surface area (Å²) in [5, 5.41) is 10.9. The van der Waals surface area contributed by atoms with E-state index in [4.69, 9.17) is 10.6 Å². The van der Waals surface area contributed by atoms with Crippen LogP contribution < -0.4 is 10.7 Å². The number of azo groups is 1. The van der Waals surface area contributed by atoms with Gasteiger partial charge in [0.2, 0.25) is 0 Å². The maximum atomic E-state index is 14.0. The Morgan fingerprint density at radius 1 is 1.02 bits per heavy atom. The molecule has 1 aliphatic heterocycles. The van der Waals surface area contributed by atoms with Crippen LogP contribution in [0.1, 0.15) is 66.1 Å². The molecule has 0 aromatic heterocycles. The highest BCUT2D eigenvalue weighted by atomic mass is 19.4. The number of anilines is 1. The number of benzene rings is 2. The first-order chi connectivity index (χ1) is 20.3. The van der Waals surface area contributed by atoms with Crippen molar-refractivity contribution in [2.75, 3.05) is 18.5 Å². The number of carbonyl (C=O) groups excluding carboxylic acids is 1. The quantitative estimate of drug-likeness (QED) is 0.0914. The average molecular weight is 641 g/mol. The monoisotopic (exact) mass is 640 g/mol. The van der Waals surface area contributed by atoms with Crippen LogP contribution in [0, 0.1) is 6.92 Å². The van der Waals surface area contributed by atoms with E-state index in [0.717, 1.165) is 28.9 Å². The fraction of sp³-hybridized carbons (Fsp3) is 0.481. The van der Waals surface area contributed by atoms with Gasteiger partial charge in [-0.3, -0.25) is 4.90 Å². The Hall–Kier alpha value is -4.05. The molecular weight excluding hydrogens is 611 g/mol. The van der Waals surface area contributed by atoms with Gasteiger partial charge in [-0.2, -0.15) is 44.6 Å². The third-order valence-corrected chi connectivity index (χ3v) is 6.75. The van der Waals surface area contributed by atoms with E-state index in [0.29, 0.717) is 12.1 Å². The highest BCUT2D eigenvalue weighted by molar-refractivity contribution is 5.91. The molecule has 44 heavy (non-hydrogen) atoms. The van der Waals surface area contributed by atoms with Crippen LogP contribution in [0.3, 0.4) is 0 Å². The van der Waals surface area contributed by atoms with Crippen LogP contribution in [0.15, 0.2) is 45.7 Å². The van der Waals surface area contributed by atoms with Crippen molar-refractivity contribution in [3.05, 3.63) is 63.7 Å². The minimum Gasteiger partial charge on any atom is -0.446 e. The second kappa shape index (κ2) is 12.9. The number of nitrogens with zero attached hydrogens (tertiary/aromatic N) is 5. The molecule has 0 saturated heterocycles. The van der Waals surface area contributed by atoms with Gasteiger partial charge in [0.1, 0.15) is 0 Å². The Kier molecular flexibility index (Phi) is 10.1. The molecule has 0 spiro atoms. The maximum absolute atomic E-state index is 14.0. The van der Waals surface area contributed by atoms with E-state index >= 15 is 0 Å². The Morgan fingerprint density at radius 2 is 1.61 bits per heavy atom. The van der Waals surface area contributed by atoms with Crippen molar-refractivity contribution in [2.45, 2.75) is 70.8 Å². The van der Waals surface area contributed by atoms with Crippen LogP contribution in [-0.2, 0) is 29.8 Å². The number of rotatable bonds is 4. The lowest BCUT2D eigenvalue weighted by Gasteiger charge is -2.34. The number of halogens is 9. The molecule has 1 amide bonds. The van der Waals surface area contributed by atoms with E-state index < -0.39 is 71.5 Å². The summed E-state index contributed by atoms with van der Waals surface area (Å²) in [5.41, 5.74) is -5.10. The largest absolute Gasteiger partial charge is 0.446 e. The van der Waals surface area contributed by atoms with Crippen LogP contribution in [0.2, 0.25) is 0 Å². The second-order valence-corrected chi connectivity index (χ2v) is 10.2. The minimum absolute atomic E-state index is 0.0291. The van der Waals surface area contributed by atoms with Gasteiger partial charge >= 0.3 is 24.6 Å². The van der Waals surface area contributed by atoms with Gasteiger partial charge in [-0.25, -0.2) is 4.79 Å². The van der Waals surface area contributed by atoms with Crippen molar-refractivity contribution >= 4 is 17.7 Å². The molecule has 3 rings (SSSR count). The molecule has 1 atom stereocenters. The lowest BCUT2D eigenvalue weighted by Crippen LogP contribution is -2.36. The Bertz CT molecular complexity index is 1390. The lowest BCUT2D eigenvalue weighted by molar-refractivity contribution is -0.143. The summed E-state index contributed by atoms with van der Waals surface area (Å²) in [4.78, 5) is 15.3. The summed E-state index contributed by atoms with van der Waals surface area (Å²) in [6.07, 6.45) is -16.5. The van der Waals surface area contributed by atoms with E-state index in [1.165, 1.54) is 7.05 Å². The Balaban J connectivity index is 2.30. The van der Waals surface area contributed by atoms with Crippen molar-refractivity contribution in [3.63, 3.8) is 0 Å². The van der Waals surface area contributed by atoms with Gasteiger partial charge in [0.05, 0.1) is 34.5 Å². The lowest BCUT2D eigenvalue weighted by atomic mass is 9.94. The molecule has 1 unspecified atom stereocenters. The molecule has 17 heteroatoms. The van der Waals surface area contributed by atoms with Crippen molar-refractivity contribution in [2.24, 2.45) is 21.2 Å². The van der Waals surface area contributed by atoms with E-state index in [1.807, 2.05) is 0 Å². The molecular formula is C27H29F9N6O2. The number of amides is 1. The van der Waals surface area contributed by atoms with E-state index in [-0.39, 0.29) is 42.3 Å². The zero-order valence-electron chi connectivity index (χ0n) is 23.9. The molecule has 2 N–H and O–H groups in total. The summed E-state index contributed by atoms with van der Waals surface area (Å²) in [6.45, 7) is 3.43. The number of carbonyl (C=O) groups is 1. The van der Waals surface area contributed by atoms with Gasteiger partial charge in [-0.15, -0.1) is 10.2 Å². The van der Waals surface area contributed by atoms with Crippen LogP contribution in [0.4, 0.5) is 50.0 Å². The first kappa shape index (κ1) is 34.4. The fourth-order valence-corrected chi connectivity index (χ4v) is 5.01. The number of hydrogen-bond donors (Lipinski definition) is 1. The first-order valence-electron chi connectivity index (χ1n) is 13.1. The predicted octanol–water partition coefficient (Wildman–Crippen LogP) is 8.05. The van der Waals surface area contributed by atoms with E-state index in [9.17, 15) is 44.3 Å². The van der Waals surface area contributed by atoms with Gasteiger partial charge < -0.3 is 15.5 Å². The van der Waals surface area contributed by atoms with Gasteiger partial charge in [0, 0.05) is 20.1 Å². The highest BCUT2D eigenvalue weighted by Crippen LogP contribution is 2.45. The number of fused-ring (bicyclic) bond motifs is 1. The number of hydrazone groups is 1.